The molecule has 1 aliphatic rings. The number of pyridine rings is 1. The van der Waals surface area contributed by atoms with Gasteiger partial charge >= 0.3 is 5.97 Å². The molecule has 1 atom stereocenters. The molecular weight excluding hydrogens is 509 g/mol. The molecule has 0 aliphatic carbocycles. The molecule has 1 aromatic heterocycles. The fraction of sp³-hybridized carbons (Fsp3) is 0.407. The number of aromatic nitrogens is 1. The second-order valence-corrected chi connectivity index (χ2v) is 9.52. The highest BCUT2D eigenvalue weighted by atomic mass is 19.2. The fourth-order valence-corrected chi connectivity index (χ4v) is 4.95. The number of carboxylic acids is 1. The third-order valence-corrected chi connectivity index (χ3v) is 7.27. The molecule has 3 aromatic rings. The maximum absolute atomic E-state index is 15.4. The molecule has 2 aromatic carbocycles. The Bertz CT molecular complexity index is 1290. The highest BCUT2D eigenvalue weighted by Crippen LogP contribution is 2.41. The smallest absolute Gasteiger partial charge is 0.309 e. The number of nitrogens with zero attached hydrogens (tertiary/aromatic N) is 2. The van der Waals surface area contributed by atoms with Crippen LogP contribution < -0.4 is 10.1 Å². The highest BCUT2D eigenvalue weighted by molar-refractivity contribution is 5.84. The number of anilines is 1. The van der Waals surface area contributed by atoms with Gasteiger partial charge in [0.05, 0.1) is 24.2 Å². The summed E-state index contributed by atoms with van der Waals surface area (Å²) in [6.07, 6.45) is -0.391. The Balaban J connectivity index is 1.36. The zero-order valence-electron chi connectivity index (χ0n) is 20.7. The van der Waals surface area contributed by atoms with Crippen LogP contribution in [0.15, 0.2) is 36.5 Å². The summed E-state index contributed by atoms with van der Waals surface area (Å²) < 4.78 is 75.1. The lowest BCUT2D eigenvalue weighted by Gasteiger charge is -2.39. The molecule has 0 spiro atoms. The van der Waals surface area contributed by atoms with Gasteiger partial charge in [-0.15, -0.1) is 0 Å². The number of ether oxygens (including phenoxy) is 1. The van der Waals surface area contributed by atoms with Crippen LogP contribution in [-0.2, 0) is 4.79 Å². The minimum Gasteiger partial charge on any atom is -0.497 e. The molecule has 0 saturated carbocycles. The van der Waals surface area contributed by atoms with Crippen molar-refractivity contribution < 1.29 is 36.6 Å². The number of fused-ring (bicyclic) bond motifs is 1. The van der Waals surface area contributed by atoms with Gasteiger partial charge < -0.3 is 20.1 Å². The first-order valence-electron chi connectivity index (χ1n) is 12.2. The first-order chi connectivity index (χ1) is 18.1. The summed E-state index contributed by atoms with van der Waals surface area (Å²) in [6.45, 7) is 1.59. The molecule has 1 aliphatic heterocycles. The van der Waals surface area contributed by atoms with Crippen molar-refractivity contribution >= 4 is 22.6 Å². The Labute approximate surface area is 216 Å². The van der Waals surface area contributed by atoms with Crippen LogP contribution in [-0.4, -0.2) is 54.2 Å². The van der Waals surface area contributed by atoms with E-state index >= 15 is 4.39 Å². The van der Waals surface area contributed by atoms with Gasteiger partial charge in [-0.25, -0.2) is 22.0 Å². The van der Waals surface area contributed by atoms with Crippen molar-refractivity contribution in [2.45, 2.75) is 31.9 Å². The molecule has 6 nitrogen and oxygen atoms in total. The molecule has 2 N–H and O–H groups in total. The molecule has 0 radical (unpaired) electrons. The Kier molecular flexibility index (Phi) is 8.35. The van der Waals surface area contributed by atoms with E-state index in [1.165, 1.54) is 13.2 Å². The van der Waals surface area contributed by atoms with Gasteiger partial charge in [-0.2, -0.15) is 0 Å². The van der Waals surface area contributed by atoms with Gasteiger partial charge in [0, 0.05) is 41.9 Å². The quantitative estimate of drug-likeness (QED) is 0.249. The lowest BCUT2D eigenvalue weighted by atomic mass is 9.74. The van der Waals surface area contributed by atoms with Crippen LogP contribution in [0.5, 0.6) is 5.75 Å². The molecule has 1 saturated heterocycles. The second-order valence-electron chi connectivity index (χ2n) is 9.52. The zero-order valence-corrected chi connectivity index (χ0v) is 20.7. The largest absolute Gasteiger partial charge is 0.497 e. The topological polar surface area (TPSA) is 74.7 Å². The fourth-order valence-electron chi connectivity index (χ4n) is 4.95. The Morgan fingerprint density at radius 2 is 1.82 bits per heavy atom. The maximum Gasteiger partial charge on any atom is 0.309 e. The van der Waals surface area contributed by atoms with Crippen molar-refractivity contribution in [1.29, 1.82) is 0 Å². The summed E-state index contributed by atoms with van der Waals surface area (Å²) in [5.74, 6) is -5.51. The molecule has 0 bridgehead atoms. The molecule has 2 heterocycles. The van der Waals surface area contributed by atoms with Gasteiger partial charge in [0.25, 0.3) is 0 Å². The van der Waals surface area contributed by atoms with Crippen LogP contribution in [0.1, 0.15) is 37.4 Å². The van der Waals surface area contributed by atoms with Crippen LogP contribution in [0.25, 0.3) is 10.9 Å². The summed E-state index contributed by atoms with van der Waals surface area (Å²) >= 11 is 0. The first kappa shape index (κ1) is 27.6. The SMILES string of the molecule is COc1ccc2ncc(F)c(C(F)CCC3(C(=O)O)CCN(CCNc4cc(F)c(F)c(F)c4)CC3)c2c1. The predicted octanol–water partition coefficient (Wildman–Crippen LogP) is 5.87. The van der Waals surface area contributed by atoms with Crippen molar-refractivity contribution in [1.82, 2.24) is 9.88 Å². The van der Waals surface area contributed by atoms with Crippen LogP contribution in [0, 0.1) is 28.7 Å². The lowest BCUT2D eigenvalue weighted by molar-refractivity contribution is -0.153. The number of hydrogen-bond acceptors (Lipinski definition) is 5. The van der Waals surface area contributed by atoms with Gasteiger partial charge in [0.2, 0.25) is 0 Å². The minimum atomic E-state index is -1.73. The van der Waals surface area contributed by atoms with E-state index in [0.29, 0.717) is 37.4 Å². The molecular formula is C27H28F5N3O3. The standard InChI is InChI=1S/C27H28F5N3O3/c1-38-17-2-3-23-18(14-17)24(22(31)15-34-23)19(28)4-5-27(26(36)37)6-9-35(10-7-27)11-8-33-16-12-20(29)25(32)21(30)13-16/h2-3,12-15,19,33H,4-11H2,1H3,(H,36,37). The molecule has 38 heavy (non-hydrogen) atoms. The molecule has 4 rings (SSSR count). The van der Waals surface area contributed by atoms with Crippen LogP contribution in [0.4, 0.5) is 27.6 Å². The van der Waals surface area contributed by atoms with Crippen molar-refractivity contribution in [2.24, 2.45) is 5.41 Å². The minimum absolute atomic E-state index is 0.0247. The number of methoxy groups -OCH3 is 1. The Hall–Kier alpha value is -3.47. The van der Waals surface area contributed by atoms with E-state index in [1.54, 1.807) is 12.1 Å². The van der Waals surface area contributed by atoms with Gasteiger partial charge in [0.15, 0.2) is 17.5 Å². The number of carbonyl (C=O) groups is 1. The molecule has 11 heteroatoms. The van der Waals surface area contributed by atoms with Crippen molar-refractivity contribution in [2.75, 3.05) is 38.6 Å². The van der Waals surface area contributed by atoms with Crippen molar-refractivity contribution in [3.63, 3.8) is 0 Å². The third-order valence-electron chi connectivity index (χ3n) is 7.27. The number of aliphatic carboxylic acids is 1. The van der Waals surface area contributed by atoms with E-state index in [1.807, 2.05) is 4.90 Å². The maximum atomic E-state index is 15.4. The number of piperidine rings is 1. The molecule has 204 valence electrons. The Morgan fingerprint density at radius 1 is 1.13 bits per heavy atom. The van der Waals surface area contributed by atoms with E-state index in [-0.39, 0.29) is 42.3 Å². The lowest BCUT2D eigenvalue weighted by Crippen LogP contribution is -2.45. The zero-order chi connectivity index (χ0) is 27.4. The van der Waals surface area contributed by atoms with E-state index in [2.05, 4.69) is 10.3 Å². The van der Waals surface area contributed by atoms with Crippen LogP contribution in [0.2, 0.25) is 0 Å². The monoisotopic (exact) mass is 537 g/mol. The van der Waals surface area contributed by atoms with Gasteiger partial charge in [-0.3, -0.25) is 9.78 Å². The first-order valence-corrected chi connectivity index (χ1v) is 12.2. The highest BCUT2D eigenvalue weighted by Gasteiger charge is 2.41. The number of halogens is 5. The summed E-state index contributed by atoms with van der Waals surface area (Å²) in [7, 11) is 1.45. The summed E-state index contributed by atoms with van der Waals surface area (Å²) in [6, 6.07) is 6.49. The third kappa shape index (κ3) is 5.82. The number of carboxylic acid groups (broad SMARTS) is 1. The van der Waals surface area contributed by atoms with E-state index < -0.39 is 40.8 Å². The van der Waals surface area contributed by atoms with E-state index in [0.717, 1.165) is 18.3 Å². The Morgan fingerprint density at radius 3 is 2.45 bits per heavy atom. The van der Waals surface area contributed by atoms with Crippen molar-refractivity contribution in [3.05, 3.63) is 65.4 Å². The normalized spacial score (nSPS) is 16.4. The number of nitrogens with one attached hydrogen (secondary N) is 1. The van der Waals surface area contributed by atoms with Crippen LogP contribution >= 0.6 is 0 Å². The number of benzene rings is 2. The number of likely N-dealkylation sites (tertiary alicyclic amines) is 1. The molecule has 0 amide bonds. The molecule has 1 unspecified atom stereocenters. The number of alkyl halides is 1. The summed E-state index contributed by atoms with van der Waals surface area (Å²) in [5, 5.41) is 13.1. The van der Waals surface area contributed by atoms with Gasteiger partial charge in [0.1, 0.15) is 17.7 Å². The number of hydrogen-bond donors (Lipinski definition) is 2. The van der Waals surface area contributed by atoms with Gasteiger partial charge in [-0.05, 0) is 57.0 Å². The average Bonchev–Trinajstić information content (AvgIpc) is 2.90. The average molecular weight is 538 g/mol. The van der Waals surface area contributed by atoms with Crippen LogP contribution in [0.3, 0.4) is 0 Å². The second kappa shape index (κ2) is 11.5. The van der Waals surface area contributed by atoms with Crippen molar-refractivity contribution in [3.8, 4) is 5.75 Å². The molecule has 1 fully saturated rings. The number of rotatable bonds is 10. The summed E-state index contributed by atoms with van der Waals surface area (Å²) in [4.78, 5) is 18.2. The van der Waals surface area contributed by atoms with E-state index in [4.69, 9.17) is 4.74 Å². The summed E-state index contributed by atoms with van der Waals surface area (Å²) in [5.41, 5.74) is -0.813. The van der Waals surface area contributed by atoms with Gasteiger partial charge in [-0.1, -0.05) is 0 Å². The predicted molar refractivity (Wildman–Crippen MR) is 132 cm³/mol. The van der Waals surface area contributed by atoms with E-state index in [9.17, 15) is 27.5 Å².